The Morgan fingerprint density at radius 3 is 2.71 bits per heavy atom. The molecule has 2 unspecified atom stereocenters. The van der Waals surface area contributed by atoms with Crippen molar-refractivity contribution in [3.63, 3.8) is 0 Å². The van der Waals surface area contributed by atoms with Gasteiger partial charge in [-0.1, -0.05) is 24.1 Å². The Hall–Kier alpha value is -1.22. The zero-order valence-electron chi connectivity index (χ0n) is 17.6. The van der Waals surface area contributed by atoms with E-state index in [-0.39, 0.29) is 6.09 Å². The Morgan fingerprint density at radius 2 is 2.00 bits per heavy atom. The number of carbonyl (C=O) groups is 1. The van der Waals surface area contributed by atoms with Crippen molar-refractivity contribution < 1.29 is 9.53 Å². The number of halogens is 1. The van der Waals surface area contributed by atoms with E-state index in [2.05, 4.69) is 18.2 Å². The van der Waals surface area contributed by atoms with Crippen LogP contribution >= 0.6 is 11.6 Å². The SMILES string of the molecule is CC(C)(C)OC(=O)N1CCC(CCC2CC23CCCc2cc(Cl)ccc23)CC1. The van der Waals surface area contributed by atoms with Crippen LogP contribution in [0.4, 0.5) is 4.79 Å². The van der Waals surface area contributed by atoms with Crippen LogP contribution in [0.1, 0.15) is 76.8 Å². The molecule has 1 heterocycles. The third-order valence-corrected chi connectivity index (χ3v) is 7.33. The van der Waals surface area contributed by atoms with Crippen LogP contribution in [0.25, 0.3) is 0 Å². The molecule has 4 rings (SSSR count). The van der Waals surface area contributed by atoms with E-state index >= 15 is 0 Å². The minimum Gasteiger partial charge on any atom is -0.444 e. The van der Waals surface area contributed by atoms with Crippen molar-refractivity contribution in [2.75, 3.05) is 13.1 Å². The molecule has 0 N–H and O–H groups in total. The number of aryl methyl sites for hydroxylation is 1. The van der Waals surface area contributed by atoms with Crippen LogP contribution in [-0.4, -0.2) is 29.7 Å². The van der Waals surface area contributed by atoms with E-state index in [1.54, 1.807) is 5.56 Å². The van der Waals surface area contributed by atoms with E-state index in [4.69, 9.17) is 16.3 Å². The molecule has 1 saturated heterocycles. The van der Waals surface area contributed by atoms with Gasteiger partial charge >= 0.3 is 6.09 Å². The molecule has 1 aromatic rings. The summed E-state index contributed by atoms with van der Waals surface area (Å²) < 4.78 is 5.52. The van der Waals surface area contributed by atoms with Gasteiger partial charge in [0.05, 0.1) is 0 Å². The number of hydrogen-bond acceptors (Lipinski definition) is 2. The third-order valence-electron chi connectivity index (χ3n) is 7.09. The first-order chi connectivity index (χ1) is 13.3. The van der Waals surface area contributed by atoms with Crippen molar-refractivity contribution in [2.45, 2.75) is 83.2 Å². The molecule has 1 amide bonds. The number of rotatable bonds is 3. The highest BCUT2D eigenvalue weighted by Gasteiger charge is 2.55. The number of fused-ring (bicyclic) bond motifs is 2. The van der Waals surface area contributed by atoms with Crippen molar-refractivity contribution in [2.24, 2.45) is 11.8 Å². The lowest BCUT2D eigenvalue weighted by molar-refractivity contribution is 0.0180. The Bertz CT molecular complexity index is 733. The van der Waals surface area contributed by atoms with Crippen LogP contribution in [0.2, 0.25) is 5.02 Å². The second-order valence-corrected chi connectivity index (χ2v) is 10.6. The molecule has 4 heteroatoms. The number of amides is 1. The lowest BCUT2D eigenvalue weighted by Gasteiger charge is -2.33. The van der Waals surface area contributed by atoms with Crippen molar-refractivity contribution in [1.82, 2.24) is 4.90 Å². The van der Waals surface area contributed by atoms with E-state index in [1.807, 2.05) is 25.7 Å². The van der Waals surface area contributed by atoms with Gasteiger partial charge < -0.3 is 9.64 Å². The summed E-state index contributed by atoms with van der Waals surface area (Å²) >= 11 is 6.22. The molecule has 1 aromatic carbocycles. The van der Waals surface area contributed by atoms with E-state index < -0.39 is 5.60 Å². The largest absolute Gasteiger partial charge is 0.444 e. The van der Waals surface area contributed by atoms with Gasteiger partial charge in [0.25, 0.3) is 0 Å². The molecule has 1 saturated carbocycles. The number of nitrogens with zero attached hydrogens (tertiary/aromatic N) is 1. The number of hydrogen-bond donors (Lipinski definition) is 0. The molecule has 28 heavy (non-hydrogen) atoms. The highest BCUT2D eigenvalue weighted by atomic mass is 35.5. The Morgan fingerprint density at radius 1 is 1.25 bits per heavy atom. The molecule has 1 spiro atoms. The maximum absolute atomic E-state index is 12.2. The Balaban J connectivity index is 1.26. The summed E-state index contributed by atoms with van der Waals surface area (Å²) in [6.07, 6.45) is 9.92. The first-order valence-electron chi connectivity index (χ1n) is 11.0. The van der Waals surface area contributed by atoms with Crippen LogP contribution < -0.4 is 0 Å². The summed E-state index contributed by atoms with van der Waals surface area (Å²) in [7, 11) is 0. The van der Waals surface area contributed by atoms with Gasteiger partial charge in [0, 0.05) is 18.1 Å². The number of carbonyl (C=O) groups excluding carboxylic acids is 1. The topological polar surface area (TPSA) is 29.5 Å². The van der Waals surface area contributed by atoms with Crippen molar-refractivity contribution in [3.05, 3.63) is 34.3 Å². The molecule has 3 aliphatic rings. The average Bonchev–Trinajstić information content (AvgIpc) is 3.32. The highest BCUT2D eigenvalue weighted by molar-refractivity contribution is 6.30. The standard InChI is InChI=1S/C24H34ClNO2/c1-23(2,3)28-22(27)26-13-10-17(11-14-26)6-7-19-16-24(19)12-4-5-18-15-20(25)8-9-21(18)24/h8-9,15,17,19H,4-7,10-14,16H2,1-3H3. The fraction of sp³-hybridized carbons (Fsp3) is 0.708. The van der Waals surface area contributed by atoms with Gasteiger partial charge in [-0.25, -0.2) is 4.79 Å². The lowest BCUT2D eigenvalue weighted by atomic mass is 9.77. The van der Waals surface area contributed by atoms with Gasteiger partial charge in [0.15, 0.2) is 0 Å². The Labute approximate surface area is 174 Å². The highest BCUT2D eigenvalue weighted by Crippen LogP contribution is 2.62. The summed E-state index contributed by atoms with van der Waals surface area (Å²) in [6.45, 7) is 7.48. The molecule has 3 nitrogen and oxygen atoms in total. The van der Waals surface area contributed by atoms with E-state index in [0.717, 1.165) is 42.8 Å². The molecule has 1 aliphatic heterocycles. The zero-order chi connectivity index (χ0) is 19.9. The van der Waals surface area contributed by atoms with Gasteiger partial charge in [-0.05, 0) is 106 Å². The zero-order valence-corrected chi connectivity index (χ0v) is 18.4. The molecule has 154 valence electrons. The first-order valence-corrected chi connectivity index (χ1v) is 11.4. The van der Waals surface area contributed by atoms with Gasteiger partial charge in [-0.15, -0.1) is 0 Å². The Kier molecular flexibility index (Phi) is 5.41. The minimum absolute atomic E-state index is 0.149. The third kappa shape index (κ3) is 4.20. The molecule has 0 radical (unpaired) electrons. The lowest BCUT2D eigenvalue weighted by Crippen LogP contribution is -2.41. The van der Waals surface area contributed by atoms with E-state index in [0.29, 0.717) is 5.41 Å². The molecular weight excluding hydrogens is 370 g/mol. The summed E-state index contributed by atoms with van der Waals surface area (Å²) in [4.78, 5) is 14.1. The summed E-state index contributed by atoms with van der Waals surface area (Å²) in [5.41, 5.74) is 3.13. The molecule has 2 atom stereocenters. The second kappa shape index (κ2) is 7.55. The summed E-state index contributed by atoms with van der Waals surface area (Å²) in [6, 6.07) is 6.57. The molecule has 0 aromatic heterocycles. The van der Waals surface area contributed by atoms with Crippen LogP contribution in [0.15, 0.2) is 18.2 Å². The minimum atomic E-state index is -0.408. The average molecular weight is 404 g/mol. The predicted molar refractivity (Wildman–Crippen MR) is 114 cm³/mol. The monoisotopic (exact) mass is 403 g/mol. The van der Waals surface area contributed by atoms with Crippen LogP contribution in [0.5, 0.6) is 0 Å². The van der Waals surface area contributed by atoms with E-state index in [1.165, 1.54) is 44.1 Å². The molecule has 2 fully saturated rings. The number of ether oxygens (including phenoxy) is 1. The number of piperidine rings is 1. The van der Waals surface area contributed by atoms with Gasteiger partial charge in [-0.2, -0.15) is 0 Å². The maximum Gasteiger partial charge on any atom is 0.410 e. The van der Waals surface area contributed by atoms with Crippen molar-refractivity contribution >= 4 is 17.7 Å². The van der Waals surface area contributed by atoms with Crippen molar-refractivity contribution in [3.8, 4) is 0 Å². The van der Waals surface area contributed by atoms with Gasteiger partial charge in [-0.3, -0.25) is 0 Å². The molecular formula is C24H34ClNO2. The van der Waals surface area contributed by atoms with E-state index in [9.17, 15) is 4.79 Å². The number of likely N-dealkylation sites (tertiary alicyclic amines) is 1. The van der Waals surface area contributed by atoms with Gasteiger partial charge in [0.2, 0.25) is 0 Å². The first kappa shape index (κ1) is 20.1. The van der Waals surface area contributed by atoms with Gasteiger partial charge in [0.1, 0.15) is 5.60 Å². The van der Waals surface area contributed by atoms with Crippen LogP contribution in [0, 0.1) is 11.8 Å². The van der Waals surface area contributed by atoms with Crippen LogP contribution in [0.3, 0.4) is 0 Å². The van der Waals surface area contributed by atoms with Crippen LogP contribution in [-0.2, 0) is 16.6 Å². The molecule has 2 aliphatic carbocycles. The second-order valence-electron chi connectivity index (χ2n) is 10.2. The normalized spacial score (nSPS) is 27.6. The number of benzene rings is 1. The summed E-state index contributed by atoms with van der Waals surface area (Å²) in [5.74, 6) is 1.60. The predicted octanol–water partition coefficient (Wildman–Crippen LogP) is 6.36. The molecule has 0 bridgehead atoms. The fourth-order valence-corrected chi connectivity index (χ4v) is 5.74. The smallest absolute Gasteiger partial charge is 0.410 e. The van der Waals surface area contributed by atoms with Crippen molar-refractivity contribution in [1.29, 1.82) is 0 Å². The fourth-order valence-electron chi connectivity index (χ4n) is 5.55. The summed E-state index contributed by atoms with van der Waals surface area (Å²) in [5, 5.41) is 0.879. The quantitative estimate of drug-likeness (QED) is 0.587. The maximum atomic E-state index is 12.2.